The maximum atomic E-state index is 12.2. The highest BCUT2D eigenvalue weighted by Gasteiger charge is 2.25. The molecule has 21 heavy (non-hydrogen) atoms. The normalized spacial score (nSPS) is 20.3. The Kier molecular flexibility index (Phi) is 3.20. The van der Waals surface area contributed by atoms with Crippen LogP contribution in [0.25, 0.3) is 0 Å². The second kappa shape index (κ2) is 5.20. The molecule has 0 spiro atoms. The number of ether oxygens (including phenoxy) is 1. The first kappa shape index (κ1) is 12.9. The van der Waals surface area contributed by atoms with Crippen molar-refractivity contribution >= 4 is 11.8 Å². The van der Waals surface area contributed by atoms with Crippen LogP contribution in [0, 0.1) is 0 Å². The van der Waals surface area contributed by atoms with Gasteiger partial charge in [0.25, 0.3) is 5.56 Å². The number of aromatic nitrogens is 2. The lowest BCUT2D eigenvalue weighted by atomic mass is 10.1. The highest BCUT2D eigenvalue weighted by atomic mass is 32.2. The van der Waals surface area contributed by atoms with Gasteiger partial charge in [0.2, 0.25) is 0 Å². The summed E-state index contributed by atoms with van der Waals surface area (Å²) in [5.74, 6) is 2.26. The average molecular weight is 301 g/mol. The van der Waals surface area contributed by atoms with E-state index in [1.54, 1.807) is 11.8 Å². The van der Waals surface area contributed by atoms with Gasteiger partial charge in [0.15, 0.2) is 11.9 Å². The SMILES string of the molecule is O=c1[nH]c(C2CSc3ccccc3O2)nc2c1CNCC2. The molecule has 2 aromatic rings. The Morgan fingerprint density at radius 3 is 3.19 bits per heavy atom. The summed E-state index contributed by atoms with van der Waals surface area (Å²) in [4.78, 5) is 20.8. The summed E-state index contributed by atoms with van der Waals surface area (Å²) < 4.78 is 5.99. The van der Waals surface area contributed by atoms with E-state index < -0.39 is 0 Å². The second-order valence-corrected chi connectivity index (χ2v) is 6.23. The number of nitrogens with one attached hydrogen (secondary N) is 2. The standard InChI is InChI=1S/C15H15N3O2S/c19-15-9-7-16-6-5-10(9)17-14(18-15)12-8-21-13-4-2-1-3-11(13)20-12/h1-4,12,16H,5-8H2,(H,17,18,19). The van der Waals surface area contributed by atoms with Crippen molar-refractivity contribution in [3.05, 3.63) is 51.7 Å². The van der Waals surface area contributed by atoms with Crippen molar-refractivity contribution in [2.75, 3.05) is 12.3 Å². The van der Waals surface area contributed by atoms with E-state index >= 15 is 0 Å². The summed E-state index contributed by atoms with van der Waals surface area (Å²) in [6.07, 6.45) is 0.598. The summed E-state index contributed by atoms with van der Waals surface area (Å²) in [6, 6.07) is 7.96. The van der Waals surface area contributed by atoms with E-state index in [0.29, 0.717) is 12.4 Å². The molecule has 1 unspecified atom stereocenters. The molecule has 0 amide bonds. The number of para-hydroxylation sites is 1. The number of benzene rings is 1. The van der Waals surface area contributed by atoms with Crippen LogP contribution in [0.2, 0.25) is 0 Å². The first-order valence-electron chi connectivity index (χ1n) is 7.02. The fourth-order valence-electron chi connectivity index (χ4n) is 2.68. The van der Waals surface area contributed by atoms with Crippen LogP contribution in [0.1, 0.15) is 23.2 Å². The van der Waals surface area contributed by atoms with E-state index in [1.165, 1.54) is 0 Å². The van der Waals surface area contributed by atoms with E-state index in [-0.39, 0.29) is 11.7 Å². The molecule has 3 heterocycles. The van der Waals surface area contributed by atoms with Crippen molar-refractivity contribution in [3.63, 3.8) is 0 Å². The molecule has 0 radical (unpaired) electrons. The average Bonchev–Trinajstić information content (AvgIpc) is 2.54. The number of thioether (sulfide) groups is 1. The number of rotatable bonds is 1. The fourth-order valence-corrected chi connectivity index (χ4v) is 3.67. The predicted molar refractivity (Wildman–Crippen MR) is 80.8 cm³/mol. The minimum absolute atomic E-state index is 0.0466. The third-order valence-corrected chi connectivity index (χ3v) is 4.89. The summed E-state index contributed by atoms with van der Waals surface area (Å²) in [6.45, 7) is 1.47. The maximum Gasteiger partial charge on any atom is 0.255 e. The Balaban J connectivity index is 1.69. The van der Waals surface area contributed by atoms with E-state index in [4.69, 9.17) is 4.74 Å². The van der Waals surface area contributed by atoms with Crippen LogP contribution in [0.5, 0.6) is 5.75 Å². The highest BCUT2D eigenvalue weighted by molar-refractivity contribution is 7.99. The third kappa shape index (κ3) is 2.34. The Morgan fingerprint density at radius 1 is 1.33 bits per heavy atom. The number of hydrogen-bond donors (Lipinski definition) is 2. The van der Waals surface area contributed by atoms with Gasteiger partial charge in [0.05, 0.1) is 11.3 Å². The van der Waals surface area contributed by atoms with E-state index in [0.717, 1.165) is 40.6 Å². The molecule has 0 bridgehead atoms. The molecule has 6 heteroatoms. The minimum atomic E-state index is -0.196. The van der Waals surface area contributed by atoms with Gasteiger partial charge in [-0.1, -0.05) is 12.1 Å². The van der Waals surface area contributed by atoms with Crippen molar-refractivity contribution in [3.8, 4) is 5.75 Å². The lowest BCUT2D eigenvalue weighted by Gasteiger charge is -2.25. The maximum absolute atomic E-state index is 12.2. The number of fused-ring (bicyclic) bond motifs is 2. The van der Waals surface area contributed by atoms with Gasteiger partial charge < -0.3 is 15.0 Å². The first-order chi connectivity index (χ1) is 10.3. The minimum Gasteiger partial charge on any atom is -0.480 e. The van der Waals surface area contributed by atoms with Gasteiger partial charge in [-0.3, -0.25) is 4.79 Å². The molecule has 1 aromatic carbocycles. The van der Waals surface area contributed by atoms with Crippen LogP contribution in [0.3, 0.4) is 0 Å². The van der Waals surface area contributed by atoms with E-state index in [9.17, 15) is 4.79 Å². The van der Waals surface area contributed by atoms with Crippen LogP contribution in [0.15, 0.2) is 34.0 Å². The van der Waals surface area contributed by atoms with Gasteiger partial charge >= 0.3 is 0 Å². The summed E-state index contributed by atoms with van der Waals surface area (Å²) in [5.41, 5.74) is 1.61. The molecule has 0 saturated heterocycles. The Morgan fingerprint density at radius 2 is 2.24 bits per heavy atom. The number of nitrogens with zero attached hydrogens (tertiary/aromatic N) is 1. The molecule has 2 aliphatic rings. The van der Waals surface area contributed by atoms with Gasteiger partial charge in [-0.25, -0.2) is 4.98 Å². The molecule has 1 aromatic heterocycles. The smallest absolute Gasteiger partial charge is 0.255 e. The molecule has 0 saturated carbocycles. The zero-order valence-electron chi connectivity index (χ0n) is 11.4. The quantitative estimate of drug-likeness (QED) is 0.838. The molecule has 5 nitrogen and oxygen atoms in total. The summed E-state index contributed by atoms with van der Waals surface area (Å²) >= 11 is 1.74. The van der Waals surface area contributed by atoms with Crippen molar-refractivity contribution < 1.29 is 4.74 Å². The highest BCUT2D eigenvalue weighted by Crippen LogP contribution is 2.39. The lowest BCUT2D eigenvalue weighted by molar-refractivity contribution is 0.209. The fraction of sp³-hybridized carbons (Fsp3) is 0.333. The van der Waals surface area contributed by atoms with Crippen molar-refractivity contribution in [1.82, 2.24) is 15.3 Å². The Bertz CT molecular complexity index is 744. The van der Waals surface area contributed by atoms with Crippen molar-refractivity contribution in [2.24, 2.45) is 0 Å². The molecule has 1 atom stereocenters. The Hall–Kier alpha value is -1.79. The van der Waals surface area contributed by atoms with Gasteiger partial charge in [0, 0.05) is 30.2 Å². The van der Waals surface area contributed by atoms with Crippen LogP contribution >= 0.6 is 11.8 Å². The van der Waals surface area contributed by atoms with Crippen LogP contribution in [-0.2, 0) is 13.0 Å². The zero-order valence-corrected chi connectivity index (χ0v) is 12.2. The van der Waals surface area contributed by atoms with Gasteiger partial charge in [-0.15, -0.1) is 11.8 Å². The number of aromatic amines is 1. The van der Waals surface area contributed by atoms with Crippen molar-refractivity contribution in [1.29, 1.82) is 0 Å². The summed E-state index contributed by atoms with van der Waals surface area (Å²) in [5, 5.41) is 3.20. The molecular weight excluding hydrogens is 286 g/mol. The van der Waals surface area contributed by atoms with Crippen LogP contribution < -0.4 is 15.6 Å². The molecule has 4 rings (SSSR count). The largest absolute Gasteiger partial charge is 0.480 e. The third-order valence-electron chi connectivity index (χ3n) is 3.77. The molecule has 108 valence electrons. The zero-order chi connectivity index (χ0) is 14.2. The monoisotopic (exact) mass is 301 g/mol. The molecular formula is C15H15N3O2S. The Labute approximate surface area is 126 Å². The van der Waals surface area contributed by atoms with Crippen LogP contribution in [0.4, 0.5) is 0 Å². The van der Waals surface area contributed by atoms with Gasteiger partial charge in [-0.2, -0.15) is 0 Å². The van der Waals surface area contributed by atoms with E-state index in [1.807, 2.05) is 24.3 Å². The number of H-pyrrole nitrogens is 1. The lowest BCUT2D eigenvalue weighted by Crippen LogP contribution is -2.33. The molecule has 0 aliphatic carbocycles. The van der Waals surface area contributed by atoms with E-state index in [2.05, 4.69) is 15.3 Å². The molecule has 2 aliphatic heterocycles. The topological polar surface area (TPSA) is 67.0 Å². The van der Waals surface area contributed by atoms with Gasteiger partial charge in [-0.05, 0) is 12.1 Å². The predicted octanol–water partition coefficient (Wildman–Crippen LogP) is 1.64. The van der Waals surface area contributed by atoms with Crippen LogP contribution in [-0.4, -0.2) is 22.3 Å². The number of hydrogen-bond acceptors (Lipinski definition) is 5. The summed E-state index contributed by atoms with van der Waals surface area (Å²) in [7, 11) is 0. The van der Waals surface area contributed by atoms with Gasteiger partial charge in [0.1, 0.15) is 5.75 Å². The first-order valence-corrected chi connectivity index (χ1v) is 8.01. The van der Waals surface area contributed by atoms with Crippen molar-refractivity contribution in [2.45, 2.75) is 24.0 Å². The molecule has 0 fully saturated rings. The second-order valence-electron chi connectivity index (χ2n) is 5.17. The molecule has 2 N–H and O–H groups in total.